The number of rotatable bonds is 3. The van der Waals surface area contributed by atoms with Gasteiger partial charge < -0.3 is 10.2 Å². The number of halogens is 3. The quantitative estimate of drug-likeness (QED) is 0.774. The Hall–Kier alpha value is -2.05. The van der Waals surface area contributed by atoms with Crippen LogP contribution in [-0.4, -0.2) is 22.2 Å². The first kappa shape index (κ1) is 12.0. The van der Waals surface area contributed by atoms with Gasteiger partial charge in [-0.2, -0.15) is 0 Å². The van der Waals surface area contributed by atoms with Gasteiger partial charge in [0.05, 0.1) is 0 Å². The normalized spacial score (nSPS) is 10.5. The predicted molar refractivity (Wildman–Crippen MR) is 44.3 cm³/mol. The van der Waals surface area contributed by atoms with Crippen LogP contribution in [0.2, 0.25) is 0 Å². The Kier molecular flexibility index (Phi) is 3.17. The topological polar surface area (TPSA) is 74.6 Å². The molecule has 1 aromatic carbocycles. The van der Waals surface area contributed by atoms with Gasteiger partial charge in [0, 0.05) is 17.7 Å². The molecule has 0 atom stereocenters. The largest absolute Gasteiger partial charge is 0.480 e. The standard InChI is InChI=1S/C9H5F3O4/c10-3-1-4(11)6(5(12)2-3)7(8(13)14)9(15)16/h1-2,7H,(H,13,14)(H,15,16). The van der Waals surface area contributed by atoms with Crippen molar-refractivity contribution < 1.29 is 33.0 Å². The van der Waals surface area contributed by atoms with Gasteiger partial charge in [0.25, 0.3) is 0 Å². The maximum Gasteiger partial charge on any atom is 0.322 e. The van der Waals surface area contributed by atoms with E-state index in [-0.39, 0.29) is 12.1 Å². The Morgan fingerprint density at radius 1 is 1.00 bits per heavy atom. The van der Waals surface area contributed by atoms with E-state index in [1.165, 1.54) is 0 Å². The summed E-state index contributed by atoms with van der Waals surface area (Å²) in [6.45, 7) is 0. The summed E-state index contributed by atoms with van der Waals surface area (Å²) in [5.74, 6) is -10.6. The van der Waals surface area contributed by atoms with Crippen molar-refractivity contribution in [1.29, 1.82) is 0 Å². The van der Waals surface area contributed by atoms with Crippen molar-refractivity contribution in [3.05, 3.63) is 35.1 Å². The summed E-state index contributed by atoms with van der Waals surface area (Å²) in [7, 11) is 0. The molecule has 0 bridgehead atoms. The third kappa shape index (κ3) is 2.13. The maximum atomic E-state index is 13.1. The molecule has 0 saturated heterocycles. The second-order valence-electron chi connectivity index (χ2n) is 2.89. The van der Waals surface area contributed by atoms with Crippen molar-refractivity contribution in [3.8, 4) is 0 Å². The SMILES string of the molecule is O=C(O)C(C(=O)O)c1c(F)cc(F)cc1F. The van der Waals surface area contributed by atoms with Crippen molar-refractivity contribution in [1.82, 2.24) is 0 Å². The minimum Gasteiger partial charge on any atom is -0.480 e. The summed E-state index contributed by atoms with van der Waals surface area (Å²) in [5, 5.41) is 17.0. The van der Waals surface area contributed by atoms with Crippen molar-refractivity contribution in [2.75, 3.05) is 0 Å². The first-order valence-electron chi connectivity index (χ1n) is 3.94. The highest BCUT2D eigenvalue weighted by atomic mass is 19.1. The molecule has 0 aliphatic heterocycles. The summed E-state index contributed by atoms with van der Waals surface area (Å²) in [6.07, 6.45) is 0. The third-order valence-electron chi connectivity index (χ3n) is 1.83. The molecule has 0 radical (unpaired) electrons. The molecule has 0 unspecified atom stereocenters. The summed E-state index contributed by atoms with van der Waals surface area (Å²) in [5.41, 5.74) is -1.19. The summed E-state index contributed by atoms with van der Waals surface area (Å²) < 4.78 is 38.6. The van der Waals surface area contributed by atoms with Crippen molar-refractivity contribution in [2.45, 2.75) is 5.92 Å². The van der Waals surface area contributed by atoms with Crippen molar-refractivity contribution in [3.63, 3.8) is 0 Å². The highest BCUT2D eigenvalue weighted by Gasteiger charge is 2.33. The molecule has 0 fully saturated rings. The molecule has 16 heavy (non-hydrogen) atoms. The highest BCUT2D eigenvalue weighted by molar-refractivity contribution is 5.99. The fourth-order valence-corrected chi connectivity index (χ4v) is 1.18. The molecule has 2 N–H and O–H groups in total. The third-order valence-corrected chi connectivity index (χ3v) is 1.83. The number of hydrogen-bond acceptors (Lipinski definition) is 2. The molecule has 86 valence electrons. The molecular weight excluding hydrogens is 229 g/mol. The van der Waals surface area contributed by atoms with Crippen LogP contribution in [-0.2, 0) is 9.59 Å². The molecule has 7 heteroatoms. The van der Waals surface area contributed by atoms with Crippen molar-refractivity contribution >= 4 is 11.9 Å². The molecule has 0 aliphatic carbocycles. The van der Waals surface area contributed by atoms with Crippen LogP contribution in [0.4, 0.5) is 13.2 Å². The second-order valence-corrected chi connectivity index (χ2v) is 2.89. The summed E-state index contributed by atoms with van der Waals surface area (Å²) >= 11 is 0. The summed E-state index contributed by atoms with van der Waals surface area (Å²) in [4.78, 5) is 21.0. The zero-order chi connectivity index (χ0) is 12.5. The fraction of sp³-hybridized carbons (Fsp3) is 0.111. The van der Waals surface area contributed by atoms with E-state index in [1.54, 1.807) is 0 Å². The molecule has 1 aromatic rings. The Bertz CT molecular complexity index is 421. The van der Waals surface area contributed by atoms with Gasteiger partial charge in [-0.25, -0.2) is 13.2 Å². The van der Waals surface area contributed by atoms with Gasteiger partial charge in [0.1, 0.15) is 17.5 Å². The average Bonchev–Trinajstić information content (AvgIpc) is 2.09. The monoisotopic (exact) mass is 234 g/mol. The lowest BCUT2D eigenvalue weighted by Crippen LogP contribution is -2.23. The van der Waals surface area contributed by atoms with Gasteiger partial charge >= 0.3 is 11.9 Å². The minimum atomic E-state index is -2.40. The molecule has 0 heterocycles. The number of aliphatic carboxylic acids is 2. The van der Waals surface area contributed by atoms with E-state index in [4.69, 9.17) is 10.2 Å². The lowest BCUT2D eigenvalue weighted by molar-refractivity contribution is -0.150. The molecule has 0 saturated carbocycles. The van der Waals surface area contributed by atoms with Gasteiger partial charge in [-0.15, -0.1) is 0 Å². The fourth-order valence-electron chi connectivity index (χ4n) is 1.18. The van der Waals surface area contributed by atoms with Crippen molar-refractivity contribution in [2.24, 2.45) is 0 Å². The van der Waals surface area contributed by atoms with Gasteiger partial charge in [-0.1, -0.05) is 0 Å². The van der Waals surface area contributed by atoms with E-state index >= 15 is 0 Å². The first-order chi connectivity index (χ1) is 7.34. The molecule has 0 aromatic heterocycles. The van der Waals surface area contributed by atoms with E-state index in [1.807, 2.05) is 0 Å². The minimum absolute atomic E-state index is 0.220. The molecule has 0 aliphatic rings. The van der Waals surface area contributed by atoms with E-state index in [0.717, 1.165) is 0 Å². The van der Waals surface area contributed by atoms with Crippen LogP contribution in [0.5, 0.6) is 0 Å². The lowest BCUT2D eigenvalue weighted by Gasteiger charge is -2.09. The lowest BCUT2D eigenvalue weighted by atomic mass is 9.98. The Balaban J connectivity index is 3.41. The number of carboxylic acids is 2. The number of hydrogen-bond donors (Lipinski definition) is 2. The smallest absolute Gasteiger partial charge is 0.322 e. The van der Waals surface area contributed by atoms with Crippen LogP contribution in [0.15, 0.2) is 12.1 Å². The second kappa shape index (κ2) is 4.21. The first-order valence-corrected chi connectivity index (χ1v) is 3.94. The molecular formula is C9H5F3O4. The van der Waals surface area contributed by atoms with E-state index in [9.17, 15) is 22.8 Å². The van der Waals surface area contributed by atoms with Crippen LogP contribution in [0, 0.1) is 17.5 Å². The van der Waals surface area contributed by atoms with E-state index in [0.29, 0.717) is 0 Å². The number of carbonyl (C=O) groups is 2. The molecule has 0 amide bonds. The van der Waals surface area contributed by atoms with Crippen LogP contribution in [0.25, 0.3) is 0 Å². The number of benzene rings is 1. The maximum absolute atomic E-state index is 13.1. The zero-order valence-corrected chi connectivity index (χ0v) is 7.58. The Morgan fingerprint density at radius 2 is 1.38 bits per heavy atom. The van der Waals surface area contributed by atoms with Crippen LogP contribution in [0.1, 0.15) is 11.5 Å². The number of carboxylic acid groups (broad SMARTS) is 2. The summed E-state index contributed by atoms with van der Waals surface area (Å²) in [6, 6.07) is 0.439. The zero-order valence-electron chi connectivity index (χ0n) is 7.58. The van der Waals surface area contributed by atoms with Gasteiger partial charge in [-0.05, 0) is 0 Å². The van der Waals surface area contributed by atoms with E-state index in [2.05, 4.69) is 0 Å². The predicted octanol–water partition coefficient (Wildman–Crippen LogP) is 1.36. The van der Waals surface area contributed by atoms with Gasteiger partial charge in [0.15, 0.2) is 5.92 Å². The van der Waals surface area contributed by atoms with Crippen LogP contribution < -0.4 is 0 Å². The molecule has 4 nitrogen and oxygen atoms in total. The average molecular weight is 234 g/mol. The van der Waals surface area contributed by atoms with Gasteiger partial charge in [0.2, 0.25) is 0 Å². The van der Waals surface area contributed by atoms with Gasteiger partial charge in [-0.3, -0.25) is 9.59 Å². The Morgan fingerprint density at radius 3 is 1.69 bits per heavy atom. The highest BCUT2D eigenvalue weighted by Crippen LogP contribution is 2.24. The van der Waals surface area contributed by atoms with Crippen LogP contribution in [0.3, 0.4) is 0 Å². The van der Waals surface area contributed by atoms with Crippen LogP contribution >= 0.6 is 0 Å². The Labute approximate surface area is 86.9 Å². The molecule has 1 rings (SSSR count). The van der Waals surface area contributed by atoms with E-state index < -0.39 is 40.9 Å². The molecule has 0 spiro atoms.